The average molecular weight is 395 g/mol. The highest BCUT2D eigenvalue weighted by Gasteiger charge is 2.21. The topological polar surface area (TPSA) is 77.8 Å². The molecule has 0 aliphatic carbocycles. The van der Waals surface area contributed by atoms with E-state index in [1.165, 1.54) is 0 Å². The van der Waals surface area contributed by atoms with Crippen LogP contribution in [0.15, 0.2) is 42.5 Å². The molecule has 3 rings (SSSR count). The Hall–Kier alpha value is -3.12. The first kappa shape index (κ1) is 20.6. The fraction of sp³-hybridized carbons (Fsp3) is 0.304. The second-order valence-electron chi connectivity index (χ2n) is 6.80. The zero-order valence-corrected chi connectivity index (χ0v) is 16.9. The highest BCUT2D eigenvalue weighted by atomic mass is 16.5. The molecule has 0 atom stereocenters. The Morgan fingerprint density at radius 1 is 1.10 bits per heavy atom. The summed E-state index contributed by atoms with van der Waals surface area (Å²) in [6.45, 7) is 5.06. The van der Waals surface area contributed by atoms with Gasteiger partial charge in [0.15, 0.2) is 0 Å². The molecule has 0 amide bonds. The molecule has 0 fully saturated rings. The number of carboxylic acid groups (broad SMARTS) is 1. The first-order valence-corrected chi connectivity index (χ1v) is 9.57. The molecule has 1 heterocycles. The molecule has 0 aliphatic rings. The van der Waals surface area contributed by atoms with Crippen LogP contribution in [0.1, 0.15) is 34.1 Å². The minimum atomic E-state index is -0.943. The molecular weight excluding hydrogens is 370 g/mol. The Morgan fingerprint density at radius 2 is 1.83 bits per heavy atom. The Morgan fingerprint density at radius 3 is 2.45 bits per heavy atom. The van der Waals surface area contributed by atoms with E-state index in [-0.39, 0.29) is 12.3 Å². The third kappa shape index (κ3) is 4.32. The molecule has 1 aromatic heterocycles. The van der Waals surface area contributed by atoms with Gasteiger partial charge in [-0.2, -0.15) is 0 Å². The van der Waals surface area contributed by atoms with Crippen molar-refractivity contribution in [1.82, 2.24) is 4.57 Å². The van der Waals surface area contributed by atoms with Gasteiger partial charge in [0.1, 0.15) is 5.75 Å². The van der Waals surface area contributed by atoms with Crippen LogP contribution in [0.5, 0.6) is 5.75 Å². The Labute approximate surface area is 169 Å². The van der Waals surface area contributed by atoms with E-state index in [9.17, 15) is 14.7 Å². The average Bonchev–Trinajstić information content (AvgIpc) is 2.98. The zero-order valence-electron chi connectivity index (χ0n) is 16.9. The number of methoxy groups -OCH3 is 1. The second kappa shape index (κ2) is 8.92. The third-order valence-corrected chi connectivity index (χ3v) is 5.01. The Bertz CT molecular complexity index is 1030. The lowest BCUT2D eigenvalue weighted by molar-refractivity contribution is -0.136. The molecule has 1 N–H and O–H groups in total. The second-order valence-corrected chi connectivity index (χ2v) is 6.80. The van der Waals surface area contributed by atoms with Crippen molar-refractivity contribution in [3.63, 3.8) is 0 Å². The highest BCUT2D eigenvalue weighted by Crippen LogP contribution is 2.30. The number of benzene rings is 2. The van der Waals surface area contributed by atoms with E-state index in [4.69, 9.17) is 9.47 Å². The Balaban J connectivity index is 2.01. The quantitative estimate of drug-likeness (QED) is 0.586. The number of hydrogen-bond acceptors (Lipinski definition) is 4. The van der Waals surface area contributed by atoms with Gasteiger partial charge in [0.25, 0.3) is 5.91 Å². The van der Waals surface area contributed by atoms with Gasteiger partial charge in [-0.15, -0.1) is 0 Å². The highest BCUT2D eigenvalue weighted by molar-refractivity contribution is 6.04. The van der Waals surface area contributed by atoms with Crippen molar-refractivity contribution in [3.05, 3.63) is 64.8 Å². The van der Waals surface area contributed by atoms with E-state index < -0.39 is 5.97 Å². The SMILES string of the molecule is CCOCCc1ccc(C(=O)n2c(C)c(CC(=O)O)c3cc(OC)ccc32)cc1. The van der Waals surface area contributed by atoms with E-state index in [0.717, 1.165) is 12.0 Å². The van der Waals surface area contributed by atoms with Crippen LogP contribution in [-0.4, -0.2) is 41.9 Å². The maximum Gasteiger partial charge on any atom is 0.307 e. The lowest BCUT2D eigenvalue weighted by Crippen LogP contribution is -2.14. The Kier molecular flexibility index (Phi) is 6.34. The lowest BCUT2D eigenvalue weighted by atomic mass is 10.1. The summed E-state index contributed by atoms with van der Waals surface area (Å²) in [6, 6.07) is 12.8. The molecule has 2 aromatic carbocycles. The number of carbonyl (C=O) groups excluding carboxylic acids is 1. The number of ether oxygens (including phenoxy) is 2. The van der Waals surface area contributed by atoms with Gasteiger partial charge < -0.3 is 14.6 Å². The lowest BCUT2D eigenvalue weighted by Gasteiger charge is -2.09. The molecular formula is C23H25NO5. The van der Waals surface area contributed by atoms with Gasteiger partial charge >= 0.3 is 5.97 Å². The van der Waals surface area contributed by atoms with Crippen molar-refractivity contribution in [2.45, 2.75) is 26.7 Å². The molecule has 3 aromatic rings. The van der Waals surface area contributed by atoms with Crippen LogP contribution in [-0.2, 0) is 22.4 Å². The normalized spacial score (nSPS) is 11.0. The molecule has 152 valence electrons. The number of rotatable bonds is 8. The summed E-state index contributed by atoms with van der Waals surface area (Å²) in [5, 5.41) is 10.0. The predicted molar refractivity (Wildman–Crippen MR) is 111 cm³/mol. The fourth-order valence-corrected chi connectivity index (χ4v) is 3.50. The smallest absolute Gasteiger partial charge is 0.307 e. The molecule has 0 radical (unpaired) electrons. The summed E-state index contributed by atoms with van der Waals surface area (Å²) in [5.41, 5.74) is 3.56. The number of carboxylic acids is 1. The summed E-state index contributed by atoms with van der Waals surface area (Å²) >= 11 is 0. The summed E-state index contributed by atoms with van der Waals surface area (Å²) < 4.78 is 12.2. The van der Waals surface area contributed by atoms with E-state index in [1.807, 2.05) is 19.1 Å². The zero-order chi connectivity index (χ0) is 21.0. The van der Waals surface area contributed by atoms with Gasteiger partial charge in [0, 0.05) is 23.3 Å². The van der Waals surface area contributed by atoms with Gasteiger partial charge in [-0.1, -0.05) is 12.1 Å². The molecule has 29 heavy (non-hydrogen) atoms. The van der Waals surface area contributed by atoms with Gasteiger partial charge in [-0.05, 0) is 61.7 Å². The van der Waals surface area contributed by atoms with Gasteiger partial charge in [0.2, 0.25) is 0 Å². The number of nitrogens with zero attached hydrogens (tertiary/aromatic N) is 1. The summed E-state index contributed by atoms with van der Waals surface area (Å²) in [6.07, 6.45) is 0.627. The van der Waals surface area contributed by atoms with Crippen LogP contribution in [0.3, 0.4) is 0 Å². The van der Waals surface area contributed by atoms with Crippen LogP contribution >= 0.6 is 0 Å². The molecule has 0 aliphatic heterocycles. The standard InChI is InChI=1S/C23H25NO5/c1-4-29-12-11-16-5-7-17(8-6-16)23(27)24-15(2)19(14-22(25)26)20-13-18(28-3)9-10-21(20)24/h5-10,13H,4,11-12,14H2,1-3H3,(H,25,26). The molecule has 6 nitrogen and oxygen atoms in total. The molecule has 0 saturated heterocycles. The van der Waals surface area contributed by atoms with Crippen LogP contribution in [0.25, 0.3) is 10.9 Å². The van der Waals surface area contributed by atoms with Gasteiger partial charge in [-0.3, -0.25) is 14.2 Å². The van der Waals surface area contributed by atoms with Crippen molar-refractivity contribution in [2.24, 2.45) is 0 Å². The minimum Gasteiger partial charge on any atom is -0.497 e. The number of aliphatic carboxylic acids is 1. The van der Waals surface area contributed by atoms with Crippen molar-refractivity contribution >= 4 is 22.8 Å². The third-order valence-electron chi connectivity index (χ3n) is 5.01. The van der Waals surface area contributed by atoms with Crippen LogP contribution in [0, 0.1) is 6.92 Å². The first-order valence-electron chi connectivity index (χ1n) is 9.57. The van der Waals surface area contributed by atoms with E-state index in [0.29, 0.717) is 46.7 Å². The van der Waals surface area contributed by atoms with Gasteiger partial charge in [0.05, 0.1) is 25.7 Å². The largest absolute Gasteiger partial charge is 0.497 e. The van der Waals surface area contributed by atoms with Crippen LogP contribution in [0.4, 0.5) is 0 Å². The maximum atomic E-state index is 13.3. The summed E-state index contributed by atoms with van der Waals surface area (Å²) in [5.74, 6) is -0.515. The molecule has 0 bridgehead atoms. The first-order chi connectivity index (χ1) is 14.0. The number of hydrogen-bond donors (Lipinski definition) is 1. The monoisotopic (exact) mass is 395 g/mol. The van der Waals surface area contributed by atoms with Crippen LogP contribution in [0.2, 0.25) is 0 Å². The molecule has 0 spiro atoms. The number of fused-ring (bicyclic) bond motifs is 1. The summed E-state index contributed by atoms with van der Waals surface area (Å²) in [7, 11) is 1.56. The number of carbonyl (C=O) groups is 2. The summed E-state index contributed by atoms with van der Waals surface area (Å²) in [4.78, 5) is 24.6. The molecule has 0 saturated carbocycles. The fourth-order valence-electron chi connectivity index (χ4n) is 3.50. The van der Waals surface area contributed by atoms with Crippen LogP contribution < -0.4 is 4.74 Å². The van der Waals surface area contributed by atoms with Crippen molar-refractivity contribution < 1.29 is 24.2 Å². The predicted octanol–water partition coefficient (Wildman–Crippen LogP) is 3.85. The molecule has 6 heteroatoms. The van der Waals surface area contributed by atoms with E-state index in [1.54, 1.807) is 48.9 Å². The van der Waals surface area contributed by atoms with E-state index >= 15 is 0 Å². The van der Waals surface area contributed by atoms with Crippen molar-refractivity contribution in [1.29, 1.82) is 0 Å². The number of aromatic nitrogens is 1. The minimum absolute atomic E-state index is 0.161. The van der Waals surface area contributed by atoms with E-state index in [2.05, 4.69) is 0 Å². The van der Waals surface area contributed by atoms with Gasteiger partial charge in [-0.25, -0.2) is 0 Å². The van der Waals surface area contributed by atoms with Crippen molar-refractivity contribution in [2.75, 3.05) is 20.3 Å². The van der Waals surface area contributed by atoms with Crippen molar-refractivity contribution in [3.8, 4) is 5.75 Å². The molecule has 0 unspecified atom stereocenters. The maximum absolute atomic E-state index is 13.3.